The maximum atomic E-state index is 12.0. The molecule has 0 aliphatic rings. The van der Waals surface area contributed by atoms with Crippen LogP contribution in [0.2, 0.25) is 0 Å². The second-order valence-electron chi connectivity index (χ2n) is 4.13. The first kappa shape index (κ1) is 13.0. The number of carbonyl (C=O) groups is 1. The zero-order valence-electron chi connectivity index (χ0n) is 10.9. The largest absolute Gasteiger partial charge is 0.462 e. The van der Waals surface area contributed by atoms with Crippen molar-refractivity contribution in [3.63, 3.8) is 0 Å². The summed E-state index contributed by atoms with van der Waals surface area (Å²) in [6, 6.07) is 9.61. The molecule has 0 aliphatic heterocycles. The van der Waals surface area contributed by atoms with E-state index in [1.54, 1.807) is 6.92 Å². The van der Waals surface area contributed by atoms with E-state index >= 15 is 0 Å². The van der Waals surface area contributed by atoms with Crippen LogP contribution in [0.4, 0.5) is 0 Å². The number of hydrogen-bond donors (Lipinski definition) is 0. The molecule has 4 nitrogen and oxygen atoms in total. The third-order valence-corrected chi connectivity index (χ3v) is 2.95. The van der Waals surface area contributed by atoms with Gasteiger partial charge in [0.25, 0.3) is 0 Å². The molecule has 19 heavy (non-hydrogen) atoms. The number of ether oxygens (including phenoxy) is 1. The Hall–Kier alpha value is -2.41. The molecular weight excluding hydrogens is 240 g/mol. The van der Waals surface area contributed by atoms with Gasteiger partial charge in [-0.05, 0) is 25.5 Å². The first-order valence-electron chi connectivity index (χ1n) is 6.11. The molecule has 1 aromatic carbocycles. The summed E-state index contributed by atoms with van der Waals surface area (Å²) in [4.78, 5) is 16.4. The average Bonchev–Trinajstić information content (AvgIpc) is 2.39. The van der Waals surface area contributed by atoms with E-state index in [9.17, 15) is 4.79 Å². The summed E-state index contributed by atoms with van der Waals surface area (Å²) in [7, 11) is 0. The zero-order chi connectivity index (χ0) is 13.8. The summed E-state index contributed by atoms with van der Waals surface area (Å²) in [6.07, 6.45) is 0.0970. The molecule has 0 saturated carbocycles. The lowest BCUT2D eigenvalue weighted by Crippen LogP contribution is -2.12. The highest BCUT2D eigenvalue weighted by atomic mass is 16.5. The van der Waals surface area contributed by atoms with Crippen molar-refractivity contribution in [1.29, 1.82) is 5.26 Å². The van der Waals surface area contributed by atoms with Gasteiger partial charge in [0.05, 0.1) is 35.9 Å². The first-order valence-corrected chi connectivity index (χ1v) is 6.11. The molecule has 0 unspecified atom stereocenters. The van der Waals surface area contributed by atoms with Gasteiger partial charge in [-0.3, -0.25) is 4.98 Å². The van der Waals surface area contributed by atoms with Crippen LogP contribution < -0.4 is 0 Å². The Morgan fingerprint density at radius 2 is 2.16 bits per heavy atom. The number of carbonyl (C=O) groups excluding carboxylic acids is 1. The molecule has 0 fully saturated rings. The molecule has 96 valence electrons. The van der Waals surface area contributed by atoms with Gasteiger partial charge in [-0.1, -0.05) is 18.2 Å². The third kappa shape index (κ3) is 2.41. The second-order valence-corrected chi connectivity index (χ2v) is 4.13. The lowest BCUT2D eigenvalue weighted by molar-refractivity contribution is 0.0524. The van der Waals surface area contributed by atoms with Gasteiger partial charge in [0, 0.05) is 5.39 Å². The van der Waals surface area contributed by atoms with Crippen LogP contribution in [0, 0.1) is 18.3 Å². The van der Waals surface area contributed by atoms with Crippen LogP contribution in [-0.4, -0.2) is 17.6 Å². The number of hydrogen-bond acceptors (Lipinski definition) is 4. The molecule has 2 aromatic rings. The predicted octanol–water partition coefficient (Wildman–Crippen LogP) is 2.79. The fourth-order valence-electron chi connectivity index (χ4n) is 2.12. The number of aromatic nitrogens is 1. The van der Waals surface area contributed by atoms with Gasteiger partial charge in [-0.2, -0.15) is 5.26 Å². The van der Waals surface area contributed by atoms with Crippen molar-refractivity contribution in [2.75, 3.05) is 6.61 Å². The van der Waals surface area contributed by atoms with Crippen molar-refractivity contribution < 1.29 is 9.53 Å². The van der Waals surface area contributed by atoms with E-state index in [-0.39, 0.29) is 6.42 Å². The Kier molecular flexibility index (Phi) is 3.76. The monoisotopic (exact) mass is 254 g/mol. The minimum atomic E-state index is -0.413. The number of pyridine rings is 1. The van der Waals surface area contributed by atoms with Gasteiger partial charge in [-0.15, -0.1) is 0 Å². The molecule has 0 bridgehead atoms. The van der Waals surface area contributed by atoms with Crippen LogP contribution in [0.3, 0.4) is 0 Å². The number of rotatable bonds is 3. The van der Waals surface area contributed by atoms with E-state index in [1.165, 1.54) is 0 Å². The fraction of sp³-hybridized carbons (Fsp3) is 0.267. The molecule has 4 heteroatoms. The van der Waals surface area contributed by atoms with Crippen molar-refractivity contribution in [3.8, 4) is 6.07 Å². The minimum Gasteiger partial charge on any atom is -0.462 e. The van der Waals surface area contributed by atoms with Crippen LogP contribution in [0.1, 0.15) is 28.5 Å². The number of aryl methyl sites for hydroxylation is 1. The van der Waals surface area contributed by atoms with E-state index in [2.05, 4.69) is 4.98 Å². The van der Waals surface area contributed by atoms with E-state index in [0.717, 1.165) is 16.5 Å². The minimum absolute atomic E-state index is 0.0970. The maximum absolute atomic E-state index is 12.0. The molecule has 0 radical (unpaired) electrons. The van der Waals surface area contributed by atoms with E-state index in [1.807, 2.05) is 37.3 Å². The molecule has 0 N–H and O–H groups in total. The standard InChI is InChI=1S/C15H14N2O2/c1-3-19-15(18)14-10(2)11-6-4-5-7-12(11)17-13(14)8-9-16/h4-7H,3,8H2,1-2H3. The third-order valence-electron chi connectivity index (χ3n) is 2.95. The number of benzene rings is 1. The normalized spacial score (nSPS) is 10.2. The number of esters is 1. The molecule has 0 amide bonds. The van der Waals surface area contributed by atoms with Crippen LogP contribution in [-0.2, 0) is 11.2 Å². The van der Waals surface area contributed by atoms with Crippen molar-refractivity contribution in [3.05, 3.63) is 41.1 Å². The summed E-state index contributed by atoms with van der Waals surface area (Å²) in [5.41, 5.74) is 2.51. The van der Waals surface area contributed by atoms with Crippen molar-refractivity contribution in [1.82, 2.24) is 4.98 Å². The SMILES string of the molecule is CCOC(=O)c1c(CC#N)nc2ccccc2c1C. The summed E-state index contributed by atoms with van der Waals surface area (Å²) >= 11 is 0. The quantitative estimate of drug-likeness (QED) is 0.790. The summed E-state index contributed by atoms with van der Waals surface area (Å²) in [6.45, 7) is 3.92. The molecule has 0 atom stereocenters. The highest BCUT2D eigenvalue weighted by Gasteiger charge is 2.19. The fourth-order valence-corrected chi connectivity index (χ4v) is 2.12. The Bertz CT molecular complexity index is 672. The van der Waals surface area contributed by atoms with Gasteiger partial charge in [0.15, 0.2) is 0 Å². The van der Waals surface area contributed by atoms with Crippen LogP contribution in [0.25, 0.3) is 10.9 Å². The van der Waals surface area contributed by atoms with Gasteiger partial charge in [-0.25, -0.2) is 4.79 Å². The second kappa shape index (κ2) is 5.49. The van der Waals surface area contributed by atoms with Crippen molar-refractivity contribution >= 4 is 16.9 Å². The Morgan fingerprint density at radius 1 is 1.42 bits per heavy atom. The van der Waals surface area contributed by atoms with Crippen LogP contribution in [0.5, 0.6) is 0 Å². The van der Waals surface area contributed by atoms with Gasteiger partial charge in [0.2, 0.25) is 0 Å². The molecule has 1 heterocycles. The topological polar surface area (TPSA) is 63.0 Å². The molecule has 0 aliphatic carbocycles. The zero-order valence-corrected chi connectivity index (χ0v) is 10.9. The van der Waals surface area contributed by atoms with E-state index in [0.29, 0.717) is 17.9 Å². The lowest BCUT2D eigenvalue weighted by atomic mass is 10.0. The molecule has 1 aromatic heterocycles. The molecule has 0 saturated heterocycles. The lowest BCUT2D eigenvalue weighted by Gasteiger charge is -2.12. The maximum Gasteiger partial charge on any atom is 0.340 e. The highest BCUT2D eigenvalue weighted by molar-refractivity contribution is 5.98. The number of para-hydroxylation sites is 1. The molecule has 0 spiro atoms. The van der Waals surface area contributed by atoms with Crippen LogP contribution >= 0.6 is 0 Å². The predicted molar refractivity (Wildman–Crippen MR) is 71.8 cm³/mol. The smallest absolute Gasteiger partial charge is 0.340 e. The summed E-state index contributed by atoms with van der Waals surface area (Å²) in [5, 5.41) is 9.79. The number of nitriles is 1. The summed E-state index contributed by atoms with van der Waals surface area (Å²) in [5.74, 6) is -0.413. The number of fused-ring (bicyclic) bond motifs is 1. The Morgan fingerprint density at radius 3 is 2.84 bits per heavy atom. The van der Waals surface area contributed by atoms with Gasteiger partial charge < -0.3 is 4.74 Å². The van der Waals surface area contributed by atoms with E-state index in [4.69, 9.17) is 10.00 Å². The molecular formula is C15H14N2O2. The van der Waals surface area contributed by atoms with Crippen LogP contribution in [0.15, 0.2) is 24.3 Å². The molecule has 2 rings (SSSR count). The van der Waals surface area contributed by atoms with Gasteiger partial charge in [0.1, 0.15) is 0 Å². The number of nitrogens with zero attached hydrogens (tertiary/aromatic N) is 2. The van der Waals surface area contributed by atoms with Crippen molar-refractivity contribution in [2.45, 2.75) is 20.3 Å². The Labute approximate surface area is 111 Å². The van der Waals surface area contributed by atoms with E-state index < -0.39 is 5.97 Å². The highest BCUT2D eigenvalue weighted by Crippen LogP contribution is 2.23. The Balaban J connectivity index is 2.71. The van der Waals surface area contributed by atoms with Gasteiger partial charge >= 0.3 is 5.97 Å². The van der Waals surface area contributed by atoms with Crippen molar-refractivity contribution in [2.24, 2.45) is 0 Å². The summed E-state index contributed by atoms with van der Waals surface area (Å²) < 4.78 is 5.06. The first-order chi connectivity index (χ1) is 9.19. The average molecular weight is 254 g/mol.